The first kappa shape index (κ1) is 60.6. The Balaban J connectivity index is 0.000000198. The van der Waals surface area contributed by atoms with E-state index >= 15 is 0 Å². The van der Waals surface area contributed by atoms with Crippen molar-refractivity contribution >= 4 is 82.6 Å². The molecule has 6 aromatic heterocycles. The van der Waals surface area contributed by atoms with Gasteiger partial charge in [-0.3, -0.25) is 9.59 Å². The van der Waals surface area contributed by atoms with Crippen LogP contribution in [0.15, 0.2) is 110 Å². The number of amides is 1. The number of anilines is 4. The van der Waals surface area contributed by atoms with Crippen LogP contribution < -0.4 is 40.4 Å². The van der Waals surface area contributed by atoms with Crippen molar-refractivity contribution in [1.82, 2.24) is 54.3 Å². The van der Waals surface area contributed by atoms with Crippen LogP contribution in [0.1, 0.15) is 61.3 Å². The Morgan fingerprint density at radius 2 is 1.15 bits per heavy atom. The van der Waals surface area contributed by atoms with E-state index in [1.165, 1.54) is 19.8 Å². The Morgan fingerprint density at radius 3 is 1.66 bits per heavy atom. The first-order chi connectivity index (χ1) is 37.3. The number of fused-ring (bicyclic) bond motifs is 2. The Kier molecular flexibility index (Phi) is 21.0. The maximum atomic E-state index is 12.5. The number of benzene rings is 2. The van der Waals surface area contributed by atoms with E-state index in [1.807, 2.05) is 122 Å². The van der Waals surface area contributed by atoms with E-state index < -0.39 is 7.12 Å². The smallest absolute Gasteiger partial charge is 0.491 e. The summed E-state index contributed by atoms with van der Waals surface area (Å²) in [5.41, 5.74) is 6.19. The van der Waals surface area contributed by atoms with E-state index in [0.29, 0.717) is 75.4 Å². The molecule has 0 radical (unpaired) electrons. The summed E-state index contributed by atoms with van der Waals surface area (Å²) in [5.74, 6) is 3.13. The van der Waals surface area contributed by atoms with Crippen molar-refractivity contribution in [1.29, 1.82) is 0 Å². The van der Waals surface area contributed by atoms with Crippen LogP contribution in [-0.4, -0.2) is 155 Å². The number of nitrogens with zero attached hydrogens (tertiary/aromatic N) is 10. The highest BCUT2D eigenvalue weighted by Crippen LogP contribution is 2.37. The zero-order chi connectivity index (χ0) is 56.1. The van der Waals surface area contributed by atoms with Gasteiger partial charge in [0.15, 0.2) is 28.6 Å². The molecule has 0 aliphatic carbocycles. The molecule has 1 aliphatic heterocycles. The SMILES string of the molecule is CN(C)CCNC(=O)c1ccc(B2OC(C)(C)C(C)(C)O2)cc1.COc1ccc(Nc2cc(-c3ccc(C(=O)CCCN(C)C)cc3)cn3ncnc23)nc1OC.COc1ccc(Nc2cc(Cl)cn3ncnc23)nc1OC.Cl. The summed E-state index contributed by atoms with van der Waals surface area (Å²) >= 11 is 6.06. The largest absolute Gasteiger partial charge is 0.494 e. The van der Waals surface area contributed by atoms with E-state index in [-0.39, 0.29) is 35.3 Å². The lowest BCUT2D eigenvalue weighted by atomic mass is 9.79. The summed E-state index contributed by atoms with van der Waals surface area (Å²) in [5, 5.41) is 18.3. The highest BCUT2D eigenvalue weighted by Gasteiger charge is 2.51. The predicted octanol–water partition coefficient (Wildman–Crippen LogP) is 8.31. The summed E-state index contributed by atoms with van der Waals surface area (Å²) in [7, 11) is 13.8. The molecule has 3 N–H and O–H groups in total. The van der Waals surface area contributed by atoms with Crippen molar-refractivity contribution in [2.45, 2.75) is 51.7 Å². The number of methoxy groups -OCH3 is 4. The van der Waals surface area contributed by atoms with Crippen LogP contribution in [0.3, 0.4) is 0 Å². The normalized spacial score (nSPS) is 13.2. The fourth-order valence-corrected chi connectivity index (χ4v) is 8.05. The average molecular weight is 1120 g/mol. The average Bonchev–Trinajstić information content (AvgIpc) is 4.23. The lowest BCUT2D eigenvalue weighted by molar-refractivity contribution is 0.00578. The maximum absolute atomic E-state index is 12.5. The number of halogens is 2. The van der Waals surface area contributed by atoms with Crippen LogP contribution in [0.2, 0.25) is 5.02 Å². The van der Waals surface area contributed by atoms with Gasteiger partial charge in [-0.1, -0.05) is 48.0 Å². The molecule has 8 aromatic rings. The molecule has 0 unspecified atom stereocenters. The van der Waals surface area contributed by atoms with Gasteiger partial charge >= 0.3 is 7.12 Å². The number of hydrogen-bond acceptors (Lipinski definition) is 18. The number of rotatable bonds is 19. The summed E-state index contributed by atoms with van der Waals surface area (Å²) in [6.45, 7) is 10.5. The van der Waals surface area contributed by atoms with Gasteiger partial charge in [0.2, 0.25) is 0 Å². The van der Waals surface area contributed by atoms with Gasteiger partial charge in [0, 0.05) is 48.6 Å². The molecular formula is C55H68BCl2N13O8. The van der Waals surface area contributed by atoms with Gasteiger partial charge in [0.05, 0.1) is 56.0 Å². The molecule has 24 heteroatoms. The van der Waals surface area contributed by atoms with Crippen LogP contribution >= 0.6 is 24.0 Å². The topological polar surface area (TPSA) is 218 Å². The highest BCUT2D eigenvalue weighted by molar-refractivity contribution is 6.62. The number of aromatic nitrogens is 8. The standard InChI is InChI=1S/C25H28N6O3.C17H27BN2O3.C13H12ClN5O2.ClH/c1-30(2)13-5-6-21(32)18-9-7-17(8-10-18)19-14-20(24-26-16-27-31(24)15-19)28-23-12-11-22(33-3)25(29-23)34-4;1-16(2)17(3,4)23-18(22-16)14-9-7-13(8-10-14)15(21)19-11-12-20(5)6;1-20-10-3-4-11(18-13(10)21-2)17-9-5-8(14)6-19-12(9)15-7-16-19;/h7-12,14-16H,5-6,13H2,1-4H3,(H,28,29);7-10H,11-12H2,1-6H3,(H,19,21);3-7H,1-2H3,(H,17,18);1H. The molecule has 1 amide bonds. The van der Waals surface area contributed by atoms with Gasteiger partial charge in [0.25, 0.3) is 17.7 Å². The number of carbonyl (C=O) groups is 2. The van der Waals surface area contributed by atoms with Crippen LogP contribution in [0.25, 0.3) is 22.4 Å². The zero-order valence-corrected chi connectivity index (χ0v) is 48.1. The van der Waals surface area contributed by atoms with Crippen molar-refractivity contribution in [2.24, 2.45) is 0 Å². The summed E-state index contributed by atoms with van der Waals surface area (Å²) in [6.07, 6.45) is 7.92. The minimum Gasteiger partial charge on any atom is -0.491 e. The fraction of sp³-hybridized carbons (Fsp3) is 0.345. The number of nitrogens with one attached hydrogen (secondary N) is 3. The molecule has 1 aliphatic rings. The molecule has 2 aromatic carbocycles. The molecule has 7 heterocycles. The van der Waals surface area contributed by atoms with Gasteiger partial charge in [0.1, 0.15) is 24.3 Å². The van der Waals surface area contributed by atoms with Crippen LogP contribution in [0.4, 0.5) is 23.0 Å². The quantitative estimate of drug-likeness (QED) is 0.0512. The molecule has 1 fully saturated rings. The van der Waals surface area contributed by atoms with Gasteiger partial charge in [-0.2, -0.15) is 20.2 Å². The monoisotopic (exact) mass is 1120 g/mol. The summed E-state index contributed by atoms with van der Waals surface area (Å²) in [6, 6.07) is 25.9. The van der Waals surface area contributed by atoms with E-state index in [0.717, 1.165) is 47.4 Å². The number of ketones is 1. The zero-order valence-electron chi connectivity index (χ0n) is 46.5. The van der Waals surface area contributed by atoms with E-state index in [2.05, 4.69) is 51.0 Å². The van der Waals surface area contributed by atoms with Crippen molar-refractivity contribution in [3.8, 4) is 34.4 Å². The molecule has 418 valence electrons. The van der Waals surface area contributed by atoms with Crippen molar-refractivity contribution in [2.75, 3.05) is 86.9 Å². The van der Waals surface area contributed by atoms with Crippen LogP contribution in [0, 0.1) is 0 Å². The number of Topliss-reactive ketones (excluding diaryl/α,β-unsaturated/α-hetero) is 1. The molecular weight excluding hydrogens is 1050 g/mol. The minimum atomic E-state index is -0.397. The molecule has 1 saturated heterocycles. The van der Waals surface area contributed by atoms with Crippen molar-refractivity contribution in [3.63, 3.8) is 0 Å². The first-order valence-electron chi connectivity index (χ1n) is 25.0. The molecule has 0 atom stereocenters. The summed E-state index contributed by atoms with van der Waals surface area (Å²) in [4.78, 5) is 46.0. The fourth-order valence-electron chi connectivity index (χ4n) is 7.85. The maximum Gasteiger partial charge on any atom is 0.494 e. The second-order valence-corrected chi connectivity index (χ2v) is 20.0. The van der Waals surface area contributed by atoms with Gasteiger partial charge in [-0.25, -0.2) is 19.0 Å². The van der Waals surface area contributed by atoms with Crippen molar-refractivity contribution < 1.29 is 37.8 Å². The molecule has 0 spiro atoms. The lowest BCUT2D eigenvalue weighted by Crippen LogP contribution is -2.41. The predicted molar refractivity (Wildman–Crippen MR) is 310 cm³/mol. The van der Waals surface area contributed by atoms with Crippen molar-refractivity contribution in [3.05, 3.63) is 126 Å². The third kappa shape index (κ3) is 15.6. The summed E-state index contributed by atoms with van der Waals surface area (Å²) < 4.78 is 36.2. The van der Waals surface area contributed by atoms with E-state index in [4.69, 9.17) is 39.9 Å². The first-order valence-corrected chi connectivity index (χ1v) is 25.4. The van der Waals surface area contributed by atoms with Gasteiger partial charge in [-0.15, -0.1) is 12.4 Å². The Labute approximate surface area is 471 Å². The molecule has 0 saturated carbocycles. The number of hydrogen-bond donors (Lipinski definition) is 3. The molecule has 9 rings (SSSR count). The third-order valence-corrected chi connectivity index (χ3v) is 13.0. The van der Waals surface area contributed by atoms with E-state index in [1.54, 1.807) is 66.9 Å². The second-order valence-electron chi connectivity index (χ2n) is 19.5. The molecule has 21 nitrogen and oxygen atoms in total. The van der Waals surface area contributed by atoms with Crippen LogP contribution in [-0.2, 0) is 9.31 Å². The minimum absolute atomic E-state index is 0. The van der Waals surface area contributed by atoms with Gasteiger partial charge < -0.3 is 54.0 Å². The Morgan fingerprint density at radius 1 is 0.646 bits per heavy atom. The second kappa shape index (κ2) is 27.3. The Bertz CT molecular complexity index is 3290. The molecule has 0 bridgehead atoms. The van der Waals surface area contributed by atoms with Crippen LogP contribution in [0.5, 0.6) is 23.3 Å². The van der Waals surface area contributed by atoms with Gasteiger partial charge in [-0.05, 0) is 128 Å². The number of carbonyl (C=O) groups excluding carboxylic acids is 2. The number of likely N-dealkylation sites (N-methyl/N-ethyl adjacent to an activating group) is 1. The number of ether oxygens (including phenoxy) is 4. The number of pyridine rings is 4. The van der Waals surface area contributed by atoms with E-state index in [9.17, 15) is 9.59 Å². The third-order valence-electron chi connectivity index (χ3n) is 12.8. The lowest BCUT2D eigenvalue weighted by Gasteiger charge is -2.32. The highest BCUT2D eigenvalue weighted by atomic mass is 35.5. The molecule has 79 heavy (non-hydrogen) atoms. The Hall–Kier alpha value is -7.60.